The lowest BCUT2D eigenvalue weighted by molar-refractivity contribution is 0.0227. The summed E-state index contributed by atoms with van der Waals surface area (Å²) in [6.45, 7) is 7.80. The molecule has 1 amide bonds. The fourth-order valence-corrected chi connectivity index (χ4v) is 5.94. The molecule has 1 unspecified atom stereocenters. The Morgan fingerprint density at radius 2 is 1.74 bits per heavy atom. The number of para-hydroxylation sites is 1. The van der Waals surface area contributed by atoms with Crippen LogP contribution in [0.2, 0.25) is 0 Å². The van der Waals surface area contributed by atoms with Gasteiger partial charge in [0.1, 0.15) is 11.4 Å². The van der Waals surface area contributed by atoms with Gasteiger partial charge >= 0.3 is 0 Å². The highest BCUT2D eigenvalue weighted by Crippen LogP contribution is 2.42. The summed E-state index contributed by atoms with van der Waals surface area (Å²) >= 11 is 0. The van der Waals surface area contributed by atoms with Crippen molar-refractivity contribution in [1.29, 1.82) is 0 Å². The van der Waals surface area contributed by atoms with Gasteiger partial charge in [-0.2, -0.15) is 0 Å². The first-order valence-electron chi connectivity index (χ1n) is 12.0. The molecule has 2 N–H and O–H groups in total. The molecule has 0 bridgehead atoms. The Morgan fingerprint density at radius 1 is 1.00 bits per heavy atom. The van der Waals surface area contributed by atoms with E-state index in [0.717, 1.165) is 29.7 Å². The Hall–Kier alpha value is -3.32. The lowest BCUT2D eigenvalue weighted by atomic mass is 9.83. The van der Waals surface area contributed by atoms with Crippen molar-refractivity contribution < 1.29 is 17.9 Å². The van der Waals surface area contributed by atoms with E-state index in [1.54, 1.807) is 37.3 Å². The number of fused-ring (bicyclic) bond motifs is 1. The summed E-state index contributed by atoms with van der Waals surface area (Å²) in [5, 5.41) is 3.14. The number of carbonyl (C=O) groups is 1. The summed E-state index contributed by atoms with van der Waals surface area (Å²) in [7, 11) is -3.88. The zero-order valence-corrected chi connectivity index (χ0v) is 21.4. The van der Waals surface area contributed by atoms with Gasteiger partial charge in [-0.1, -0.05) is 50.2 Å². The Balaban J connectivity index is 1.62. The molecule has 0 aromatic heterocycles. The molecule has 0 fully saturated rings. The summed E-state index contributed by atoms with van der Waals surface area (Å²) in [6.07, 6.45) is 2.29. The summed E-state index contributed by atoms with van der Waals surface area (Å²) in [5.41, 5.74) is 2.86. The number of ether oxygens (including phenoxy) is 1. The fraction of sp³-hybridized carbons (Fsp3) is 0.321. The van der Waals surface area contributed by atoms with Crippen LogP contribution in [0.4, 0.5) is 5.69 Å². The Kier molecular flexibility index (Phi) is 6.90. The Morgan fingerprint density at radius 3 is 2.46 bits per heavy atom. The molecule has 1 heterocycles. The number of benzene rings is 3. The molecule has 0 aliphatic carbocycles. The highest BCUT2D eigenvalue weighted by atomic mass is 32.2. The molecule has 1 atom stereocenters. The van der Waals surface area contributed by atoms with Crippen LogP contribution in [0.1, 0.15) is 66.2 Å². The second-order valence-electron chi connectivity index (χ2n) is 9.22. The number of sulfonamides is 1. The number of anilines is 1. The van der Waals surface area contributed by atoms with Gasteiger partial charge in [-0.3, -0.25) is 9.52 Å². The second kappa shape index (κ2) is 9.74. The number of hydrogen-bond acceptors (Lipinski definition) is 4. The first-order valence-corrected chi connectivity index (χ1v) is 13.4. The van der Waals surface area contributed by atoms with Crippen molar-refractivity contribution in [3.05, 3.63) is 89.0 Å². The molecule has 7 heteroatoms. The van der Waals surface area contributed by atoms with E-state index >= 15 is 0 Å². The SMILES string of the molecule is CCC1(CC)CC(NC(=O)c2ccc(C)c(S(=O)(=O)Nc3cccc(C)c3)c2)c2ccccc2O1. The van der Waals surface area contributed by atoms with Crippen molar-refractivity contribution in [3.63, 3.8) is 0 Å². The maximum absolute atomic E-state index is 13.3. The van der Waals surface area contributed by atoms with Crippen LogP contribution in [0.15, 0.2) is 71.6 Å². The van der Waals surface area contributed by atoms with Crippen molar-refractivity contribution in [3.8, 4) is 5.75 Å². The molecule has 6 nitrogen and oxygen atoms in total. The lowest BCUT2D eigenvalue weighted by Crippen LogP contribution is -2.44. The summed E-state index contributed by atoms with van der Waals surface area (Å²) in [5.74, 6) is 0.460. The molecule has 35 heavy (non-hydrogen) atoms. The number of carbonyl (C=O) groups excluding carboxylic acids is 1. The van der Waals surface area contributed by atoms with Crippen LogP contribution in [0, 0.1) is 13.8 Å². The number of nitrogens with one attached hydrogen (secondary N) is 2. The van der Waals surface area contributed by atoms with Crippen molar-refractivity contribution in [1.82, 2.24) is 5.32 Å². The summed E-state index contributed by atoms with van der Waals surface area (Å²) in [4.78, 5) is 13.4. The molecule has 1 aliphatic rings. The first-order chi connectivity index (χ1) is 16.7. The molecule has 184 valence electrons. The van der Waals surface area contributed by atoms with E-state index in [9.17, 15) is 13.2 Å². The standard InChI is InChI=1S/C28H32N2O4S/c1-5-28(6-2)18-24(23-12-7-8-13-25(23)34-28)29-27(31)21-15-14-20(4)26(17-21)35(32,33)30-22-11-9-10-19(3)16-22/h7-17,24,30H,5-6,18H2,1-4H3,(H,29,31). The minimum absolute atomic E-state index is 0.0792. The van der Waals surface area contributed by atoms with E-state index in [1.807, 2.05) is 37.3 Å². The normalized spacial score (nSPS) is 16.6. The molecule has 0 saturated carbocycles. The zero-order chi connectivity index (χ0) is 25.2. The molecule has 0 saturated heterocycles. The minimum Gasteiger partial charge on any atom is -0.487 e. The molecular formula is C28H32N2O4S. The fourth-order valence-electron chi connectivity index (χ4n) is 4.62. The van der Waals surface area contributed by atoms with E-state index in [-0.39, 0.29) is 22.4 Å². The zero-order valence-electron chi connectivity index (χ0n) is 20.6. The Bertz CT molecular complexity index is 1350. The highest BCUT2D eigenvalue weighted by molar-refractivity contribution is 7.92. The smallest absolute Gasteiger partial charge is 0.262 e. The number of hydrogen-bond donors (Lipinski definition) is 2. The average Bonchev–Trinajstić information content (AvgIpc) is 2.83. The van der Waals surface area contributed by atoms with Gasteiger partial charge in [-0.15, -0.1) is 0 Å². The van der Waals surface area contributed by atoms with Crippen LogP contribution in [-0.4, -0.2) is 19.9 Å². The molecule has 0 radical (unpaired) electrons. The van der Waals surface area contributed by atoms with Crippen LogP contribution in [0.3, 0.4) is 0 Å². The summed E-state index contributed by atoms with van der Waals surface area (Å²) < 4.78 is 35.3. The van der Waals surface area contributed by atoms with Crippen molar-refractivity contribution in [2.45, 2.75) is 63.5 Å². The predicted octanol–water partition coefficient (Wildman–Crippen LogP) is 5.92. The molecular weight excluding hydrogens is 460 g/mol. The maximum Gasteiger partial charge on any atom is 0.262 e. The monoisotopic (exact) mass is 492 g/mol. The topological polar surface area (TPSA) is 84.5 Å². The van der Waals surface area contributed by atoms with E-state index in [2.05, 4.69) is 23.9 Å². The summed E-state index contributed by atoms with van der Waals surface area (Å²) in [6, 6.07) is 19.4. The second-order valence-corrected chi connectivity index (χ2v) is 10.9. The van der Waals surface area contributed by atoms with Crippen LogP contribution in [0.25, 0.3) is 0 Å². The van der Waals surface area contributed by atoms with Crippen molar-refractivity contribution in [2.75, 3.05) is 4.72 Å². The molecule has 0 spiro atoms. The van der Waals surface area contributed by atoms with Gasteiger partial charge in [0.2, 0.25) is 0 Å². The van der Waals surface area contributed by atoms with E-state index in [0.29, 0.717) is 23.2 Å². The van der Waals surface area contributed by atoms with Gasteiger partial charge in [0.25, 0.3) is 15.9 Å². The number of rotatable bonds is 7. The molecule has 1 aliphatic heterocycles. The van der Waals surface area contributed by atoms with Crippen LogP contribution in [-0.2, 0) is 10.0 Å². The third-order valence-corrected chi connectivity index (χ3v) is 8.32. The number of amides is 1. The quantitative estimate of drug-likeness (QED) is 0.429. The Labute approximate surface area is 207 Å². The van der Waals surface area contributed by atoms with Crippen molar-refractivity contribution >= 4 is 21.6 Å². The molecule has 3 aromatic carbocycles. The average molecular weight is 493 g/mol. The van der Waals surface area contributed by atoms with Crippen LogP contribution >= 0.6 is 0 Å². The van der Waals surface area contributed by atoms with E-state index in [4.69, 9.17) is 4.74 Å². The lowest BCUT2D eigenvalue weighted by Gasteiger charge is -2.41. The maximum atomic E-state index is 13.3. The molecule has 3 aromatic rings. The van der Waals surface area contributed by atoms with Gasteiger partial charge in [-0.25, -0.2) is 8.42 Å². The van der Waals surface area contributed by atoms with Gasteiger partial charge in [0.05, 0.1) is 10.9 Å². The van der Waals surface area contributed by atoms with Gasteiger partial charge < -0.3 is 10.1 Å². The predicted molar refractivity (Wildman–Crippen MR) is 138 cm³/mol. The van der Waals surface area contributed by atoms with Crippen molar-refractivity contribution in [2.24, 2.45) is 0 Å². The third-order valence-electron chi connectivity index (χ3n) is 6.80. The van der Waals surface area contributed by atoms with Crippen LogP contribution in [0.5, 0.6) is 5.75 Å². The molecule has 4 rings (SSSR count). The minimum atomic E-state index is -3.88. The van der Waals surface area contributed by atoms with E-state index < -0.39 is 10.0 Å². The van der Waals surface area contributed by atoms with E-state index in [1.165, 1.54) is 6.07 Å². The number of aryl methyl sites for hydroxylation is 2. The third kappa shape index (κ3) is 5.20. The highest BCUT2D eigenvalue weighted by Gasteiger charge is 2.39. The van der Waals surface area contributed by atoms with Crippen LogP contribution < -0.4 is 14.8 Å². The van der Waals surface area contributed by atoms with Gasteiger partial charge in [0, 0.05) is 23.2 Å². The first kappa shape index (κ1) is 24.8. The van der Waals surface area contributed by atoms with Gasteiger partial charge in [0.15, 0.2) is 0 Å². The largest absolute Gasteiger partial charge is 0.487 e. The van der Waals surface area contributed by atoms with Gasteiger partial charge in [-0.05, 0) is 68.1 Å².